The van der Waals surface area contributed by atoms with Crippen molar-refractivity contribution < 1.29 is 0 Å². The lowest BCUT2D eigenvalue weighted by Gasteiger charge is -2.26. The Labute approximate surface area is 219 Å². The molecule has 0 aliphatic heterocycles. The zero-order chi connectivity index (χ0) is 25.2. The molecule has 192 valence electrons. The highest BCUT2D eigenvalue weighted by Gasteiger charge is 2.21. The molecule has 0 spiro atoms. The Hall–Kier alpha value is -0.840. The molecule has 0 saturated heterocycles. The van der Waals surface area contributed by atoms with Crippen molar-refractivity contribution >= 4 is 20.2 Å². The van der Waals surface area contributed by atoms with Gasteiger partial charge < -0.3 is 0 Å². The van der Waals surface area contributed by atoms with Gasteiger partial charge in [-0.05, 0) is 66.3 Å². The van der Waals surface area contributed by atoms with E-state index >= 15 is 0 Å². The van der Waals surface area contributed by atoms with Crippen LogP contribution in [0.25, 0.3) is 0 Å². The minimum absolute atomic E-state index is 0.567. The summed E-state index contributed by atoms with van der Waals surface area (Å²) in [5, 5.41) is 0.913. The minimum Gasteiger partial charge on any atom is -0.121 e. The highest BCUT2D eigenvalue weighted by atomic mass is 35.5. The van der Waals surface area contributed by atoms with Gasteiger partial charge in [0, 0.05) is 5.02 Å². The maximum Gasteiger partial charge on any atom is 0.0444 e. The van der Waals surface area contributed by atoms with Crippen LogP contribution in [0.5, 0.6) is 0 Å². The van der Waals surface area contributed by atoms with Crippen molar-refractivity contribution in [1.82, 2.24) is 0 Å². The van der Waals surface area contributed by atoms with E-state index in [2.05, 4.69) is 77.7 Å². The van der Waals surface area contributed by atoms with E-state index in [1.165, 1.54) is 92.9 Å². The van der Waals surface area contributed by atoms with E-state index < -0.39 is 0 Å². The number of halogens is 1. The zero-order valence-corrected chi connectivity index (χ0v) is 24.8. The van der Waals surface area contributed by atoms with Gasteiger partial charge in [-0.2, -0.15) is 0 Å². The van der Waals surface area contributed by atoms with Crippen LogP contribution in [0, 0.1) is 6.92 Å². The number of rotatable bonds is 10. The first-order valence-corrected chi connectivity index (χ1v) is 15.9. The summed E-state index contributed by atoms with van der Waals surface area (Å²) in [4.78, 5) is 0. The molecule has 1 saturated carbocycles. The van der Waals surface area contributed by atoms with Crippen molar-refractivity contribution in [2.45, 2.75) is 123 Å². The maximum absolute atomic E-state index is 6.63. The van der Waals surface area contributed by atoms with E-state index in [4.69, 9.17) is 11.6 Å². The first-order valence-electron chi connectivity index (χ1n) is 14.0. The molecule has 3 rings (SSSR count). The van der Waals surface area contributed by atoms with Crippen LogP contribution in [0.15, 0.2) is 42.5 Å². The Morgan fingerprint density at radius 2 is 1.41 bits per heavy atom. The summed E-state index contributed by atoms with van der Waals surface area (Å²) in [6.45, 7) is 13.6. The van der Waals surface area contributed by atoms with Crippen LogP contribution in [-0.2, 0) is 6.42 Å². The highest BCUT2D eigenvalue weighted by Crippen LogP contribution is 2.38. The summed E-state index contributed by atoms with van der Waals surface area (Å²) < 4.78 is 0. The number of aryl methyl sites for hydroxylation is 1. The third-order valence-corrected chi connectivity index (χ3v) is 8.96. The standard InChI is InChI=1S/C22H30ClP.C5H10.C5H12/c1-5-6-14-22(24-4)17(3)19-12-9-13-21(23)20(19)15-18-11-8-7-10-16(18)2;1-2-4-5-3-1;1-3-5-4-2/h7-13,17,22,24H,5-6,14-15H2,1-4H3;1-5H2;3-5H2,1-2H3. The van der Waals surface area contributed by atoms with Gasteiger partial charge >= 0.3 is 0 Å². The molecule has 0 heterocycles. The molecular weight excluding hydrogens is 451 g/mol. The van der Waals surface area contributed by atoms with E-state index in [1.807, 2.05) is 6.07 Å². The van der Waals surface area contributed by atoms with Crippen molar-refractivity contribution in [2.24, 2.45) is 0 Å². The van der Waals surface area contributed by atoms with Crippen molar-refractivity contribution in [3.8, 4) is 0 Å². The summed E-state index contributed by atoms with van der Waals surface area (Å²) >= 11 is 6.63. The fourth-order valence-electron chi connectivity index (χ4n) is 4.71. The van der Waals surface area contributed by atoms with Crippen LogP contribution in [0.4, 0.5) is 0 Å². The fourth-order valence-corrected chi connectivity index (χ4v) is 6.13. The van der Waals surface area contributed by atoms with Crippen LogP contribution < -0.4 is 0 Å². The summed E-state index contributed by atoms with van der Waals surface area (Å²) in [6.07, 6.45) is 16.4. The molecule has 34 heavy (non-hydrogen) atoms. The molecule has 0 aromatic heterocycles. The molecule has 0 bridgehead atoms. The van der Waals surface area contributed by atoms with Crippen LogP contribution in [0.1, 0.15) is 126 Å². The van der Waals surface area contributed by atoms with Crippen LogP contribution >= 0.6 is 20.2 Å². The average Bonchev–Trinajstić information content (AvgIpc) is 3.43. The van der Waals surface area contributed by atoms with Gasteiger partial charge in [0.05, 0.1) is 0 Å². The third-order valence-electron chi connectivity index (χ3n) is 7.07. The van der Waals surface area contributed by atoms with Crippen LogP contribution in [-0.4, -0.2) is 12.3 Å². The molecule has 1 fully saturated rings. The molecule has 1 aliphatic rings. The van der Waals surface area contributed by atoms with Gasteiger partial charge in [0.2, 0.25) is 0 Å². The lowest BCUT2D eigenvalue weighted by molar-refractivity contribution is 0.608. The van der Waals surface area contributed by atoms with Gasteiger partial charge in [-0.25, -0.2) is 0 Å². The maximum atomic E-state index is 6.63. The summed E-state index contributed by atoms with van der Waals surface area (Å²) in [6, 6.07) is 15.1. The van der Waals surface area contributed by atoms with Crippen LogP contribution in [0.3, 0.4) is 0 Å². The summed E-state index contributed by atoms with van der Waals surface area (Å²) in [5.74, 6) is 0.567. The molecule has 3 unspecified atom stereocenters. The largest absolute Gasteiger partial charge is 0.121 e. The summed E-state index contributed by atoms with van der Waals surface area (Å²) in [7, 11) is 0.980. The Balaban J connectivity index is 0.000000478. The number of hydrogen-bond acceptors (Lipinski definition) is 0. The molecule has 2 aromatic carbocycles. The summed E-state index contributed by atoms with van der Waals surface area (Å²) in [5.41, 5.74) is 6.25. The van der Waals surface area contributed by atoms with E-state index in [0.29, 0.717) is 5.92 Å². The molecule has 0 radical (unpaired) electrons. The molecular formula is C32H52ClP. The molecule has 0 N–H and O–H groups in total. The van der Waals surface area contributed by atoms with Gasteiger partial charge in [-0.1, -0.05) is 140 Å². The second kappa shape index (κ2) is 19.4. The van der Waals surface area contributed by atoms with Gasteiger partial charge in [0.1, 0.15) is 0 Å². The monoisotopic (exact) mass is 502 g/mol. The molecule has 2 heteroatoms. The van der Waals surface area contributed by atoms with Gasteiger partial charge in [0.15, 0.2) is 0 Å². The van der Waals surface area contributed by atoms with Crippen molar-refractivity contribution in [3.05, 3.63) is 69.7 Å². The number of hydrogen-bond donors (Lipinski definition) is 0. The Morgan fingerprint density at radius 1 is 0.824 bits per heavy atom. The van der Waals surface area contributed by atoms with Gasteiger partial charge in [-0.15, -0.1) is 8.58 Å². The normalized spacial score (nSPS) is 14.8. The Kier molecular flexibility index (Phi) is 17.8. The molecule has 0 nitrogen and oxygen atoms in total. The minimum atomic E-state index is 0.567. The number of unbranched alkanes of at least 4 members (excludes halogenated alkanes) is 3. The second-order valence-electron chi connectivity index (χ2n) is 9.86. The van der Waals surface area contributed by atoms with Crippen LogP contribution in [0.2, 0.25) is 5.02 Å². The van der Waals surface area contributed by atoms with E-state index in [9.17, 15) is 0 Å². The zero-order valence-electron chi connectivity index (χ0n) is 23.1. The lowest BCUT2D eigenvalue weighted by atomic mass is 9.87. The highest BCUT2D eigenvalue weighted by molar-refractivity contribution is 7.38. The van der Waals surface area contributed by atoms with Gasteiger partial charge in [0.25, 0.3) is 0 Å². The predicted octanol–water partition coefficient (Wildman–Crippen LogP) is 11.4. The first kappa shape index (κ1) is 31.2. The van der Waals surface area contributed by atoms with Gasteiger partial charge in [-0.3, -0.25) is 0 Å². The van der Waals surface area contributed by atoms with E-state index in [-0.39, 0.29) is 0 Å². The Bertz CT molecular complexity index is 756. The van der Waals surface area contributed by atoms with Crippen molar-refractivity contribution in [3.63, 3.8) is 0 Å². The molecule has 3 atom stereocenters. The Morgan fingerprint density at radius 3 is 1.91 bits per heavy atom. The SMILES string of the molecule is C1CCCC1.CCCCC.CCCCC(PC)C(C)c1cccc(Cl)c1Cc1ccccc1C. The van der Waals surface area contributed by atoms with E-state index in [1.54, 1.807) is 0 Å². The number of benzene rings is 2. The van der Waals surface area contributed by atoms with Crippen molar-refractivity contribution in [1.29, 1.82) is 0 Å². The smallest absolute Gasteiger partial charge is 0.0444 e. The fraction of sp³-hybridized carbons (Fsp3) is 0.625. The molecule has 1 aliphatic carbocycles. The van der Waals surface area contributed by atoms with E-state index in [0.717, 1.165) is 25.7 Å². The lowest BCUT2D eigenvalue weighted by Crippen LogP contribution is -2.14. The second-order valence-corrected chi connectivity index (χ2v) is 11.6. The topological polar surface area (TPSA) is 0 Å². The predicted molar refractivity (Wildman–Crippen MR) is 160 cm³/mol. The molecule has 0 amide bonds. The first-order chi connectivity index (χ1) is 16.5. The quantitative estimate of drug-likeness (QED) is 0.283. The van der Waals surface area contributed by atoms with Crippen molar-refractivity contribution in [2.75, 3.05) is 6.66 Å². The average molecular weight is 503 g/mol. The third kappa shape index (κ3) is 11.7. The molecule has 2 aromatic rings.